The van der Waals surface area contributed by atoms with Crippen LogP contribution in [0.25, 0.3) is 11.1 Å². The Labute approximate surface area is 76.8 Å². The second kappa shape index (κ2) is 4.55. The zero-order chi connectivity index (χ0) is 8.10. The summed E-state index contributed by atoms with van der Waals surface area (Å²) in [6, 6.07) is 8.48. The van der Waals surface area contributed by atoms with Crippen molar-refractivity contribution in [1.29, 1.82) is 0 Å². The molecule has 0 saturated heterocycles. The van der Waals surface area contributed by atoms with Crippen LogP contribution in [0.3, 0.4) is 0 Å². The fraction of sp³-hybridized carbons (Fsp3) is 0.400. The molecule has 0 nitrogen and oxygen atoms in total. The van der Waals surface area contributed by atoms with Gasteiger partial charge < -0.3 is 0 Å². The third-order valence-corrected chi connectivity index (χ3v) is 2.27. The molecule has 1 heteroatoms. The Bertz CT molecular complexity index is 178. The Morgan fingerprint density at radius 3 is 1.55 bits per heavy atom. The van der Waals surface area contributed by atoms with Gasteiger partial charge in [0.2, 0.25) is 0 Å². The summed E-state index contributed by atoms with van der Waals surface area (Å²) in [7, 11) is 0. The summed E-state index contributed by atoms with van der Waals surface area (Å²) in [5.41, 5.74) is 2.85. The molecule has 0 heterocycles. The number of hydrogen-bond donors (Lipinski definition) is 0. The lowest BCUT2D eigenvalue weighted by Gasteiger charge is -2.10. The molecule has 0 radical (unpaired) electrons. The van der Waals surface area contributed by atoms with Crippen LogP contribution in [0.2, 0.25) is 0 Å². The largest absolute Gasteiger partial charge is 0.0928 e. The molecule has 0 fully saturated rings. The summed E-state index contributed by atoms with van der Waals surface area (Å²) in [6.07, 6.45) is 2.60. The predicted molar refractivity (Wildman–Crippen MR) is 54.1 cm³/mol. The highest BCUT2D eigenvalue weighted by Gasteiger charge is 2.03. The van der Waals surface area contributed by atoms with E-state index in [-0.39, 0.29) is 0 Å². The maximum absolute atomic E-state index is 3.31. The van der Waals surface area contributed by atoms with Crippen molar-refractivity contribution >= 4 is 15.9 Å². The Morgan fingerprint density at radius 1 is 1.09 bits per heavy atom. The van der Waals surface area contributed by atoms with Crippen LogP contribution in [0, 0.1) is 0 Å². The first-order valence-electron chi connectivity index (χ1n) is 4.05. The van der Waals surface area contributed by atoms with E-state index in [0.717, 1.165) is 5.33 Å². The lowest BCUT2D eigenvalue weighted by Crippen LogP contribution is -1.85. The molecule has 0 amide bonds. The topological polar surface area (TPSA) is 0 Å². The van der Waals surface area contributed by atoms with Gasteiger partial charge in [-0.25, -0.2) is 0 Å². The number of rotatable bonds is 2. The van der Waals surface area contributed by atoms with E-state index >= 15 is 0 Å². The SMILES string of the molecule is CCCCBr.c1cc2ccc1-2. The third-order valence-electron chi connectivity index (χ3n) is 1.71. The normalized spacial score (nSPS) is 10.0. The van der Waals surface area contributed by atoms with Crippen LogP contribution in [0.5, 0.6) is 0 Å². The Balaban J connectivity index is 0.000000114. The maximum Gasteiger partial charge on any atom is 0.00312 e. The highest BCUT2D eigenvalue weighted by molar-refractivity contribution is 9.09. The third kappa shape index (κ3) is 2.33. The van der Waals surface area contributed by atoms with Crippen LogP contribution >= 0.6 is 15.9 Å². The first kappa shape index (κ1) is 8.79. The molecule has 0 spiro atoms. The van der Waals surface area contributed by atoms with Crippen molar-refractivity contribution < 1.29 is 0 Å². The monoisotopic (exact) mass is 212 g/mol. The van der Waals surface area contributed by atoms with Crippen LogP contribution in [-0.4, -0.2) is 5.33 Å². The van der Waals surface area contributed by atoms with Gasteiger partial charge in [-0.3, -0.25) is 0 Å². The Morgan fingerprint density at radius 2 is 1.55 bits per heavy atom. The second-order valence-corrected chi connectivity index (χ2v) is 3.41. The van der Waals surface area contributed by atoms with Crippen LogP contribution in [0.4, 0.5) is 0 Å². The number of unbranched alkanes of at least 4 members (excludes halogenated alkanes) is 1. The van der Waals surface area contributed by atoms with Crippen LogP contribution in [-0.2, 0) is 0 Å². The minimum Gasteiger partial charge on any atom is -0.0928 e. The highest BCUT2D eigenvalue weighted by atomic mass is 79.9. The van der Waals surface area contributed by atoms with Gasteiger partial charge in [-0.05, 0) is 17.5 Å². The van der Waals surface area contributed by atoms with Gasteiger partial charge in [-0.2, -0.15) is 0 Å². The van der Waals surface area contributed by atoms with E-state index < -0.39 is 0 Å². The predicted octanol–water partition coefficient (Wildman–Crippen LogP) is 3.85. The quantitative estimate of drug-likeness (QED) is 0.664. The Hall–Kier alpha value is -0.300. The van der Waals surface area contributed by atoms with Crippen molar-refractivity contribution in [1.82, 2.24) is 0 Å². The molecule has 11 heavy (non-hydrogen) atoms. The summed E-state index contributed by atoms with van der Waals surface area (Å²) in [6.45, 7) is 2.18. The molecule has 2 rings (SSSR count). The second-order valence-electron chi connectivity index (χ2n) is 2.62. The van der Waals surface area contributed by atoms with E-state index in [4.69, 9.17) is 0 Å². The molecule has 0 aromatic carbocycles. The van der Waals surface area contributed by atoms with Gasteiger partial charge in [0, 0.05) is 5.33 Å². The van der Waals surface area contributed by atoms with Gasteiger partial charge in [0.15, 0.2) is 0 Å². The molecule has 2 aliphatic rings. The molecular formula is C10H13Br. The fourth-order valence-electron chi connectivity index (χ4n) is 0.796. The van der Waals surface area contributed by atoms with Crippen molar-refractivity contribution in [2.24, 2.45) is 0 Å². The number of alkyl halides is 1. The Kier molecular flexibility index (Phi) is 3.64. The molecule has 2 aliphatic carbocycles. The van der Waals surface area contributed by atoms with Gasteiger partial charge in [0.1, 0.15) is 0 Å². The van der Waals surface area contributed by atoms with E-state index in [9.17, 15) is 0 Å². The molecule has 0 saturated carbocycles. The van der Waals surface area contributed by atoms with Crippen molar-refractivity contribution in [3.05, 3.63) is 24.3 Å². The van der Waals surface area contributed by atoms with Crippen LogP contribution in [0.1, 0.15) is 19.8 Å². The maximum atomic E-state index is 3.31. The molecule has 60 valence electrons. The van der Waals surface area contributed by atoms with Gasteiger partial charge in [0.05, 0.1) is 0 Å². The van der Waals surface area contributed by atoms with Crippen molar-refractivity contribution in [2.45, 2.75) is 19.8 Å². The van der Waals surface area contributed by atoms with Crippen molar-refractivity contribution in [3.8, 4) is 11.1 Å². The number of halogens is 1. The zero-order valence-electron chi connectivity index (χ0n) is 6.81. The van der Waals surface area contributed by atoms with E-state index in [0.29, 0.717) is 0 Å². The van der Waals surface area contributed by atoms with Gasteiger partial charge >= 0.3 is 0 Å². The average Bonchev–Trinajstić information content (AvgIpc) is 2.00. The van der Waals surface area contributed by atoms with E-state index in [1.165, 1.54) is 24.0 Å². The van der Waals surface area contributed by atoms with Gasteiger partial charge in [-0.15, -0.1) is 0 Å². The zero-order valence-corrected chi connectivity index (χ0v) is 8.39. The number of fused-ring (bicyclic) bond motifs is 1. The summed E-state index contributed by atoms with van der Waals surface area (Å²) < 4.78 is 0. The standard InChI is InChI=1S/C6H4.C4H9Br/c1-2-6-4-3-5(1)6;1-2-3-4-5/h1-4H;2-4H2,1H3. The molecule has 0 N–H and O–H groups in total. The molecule has 0 aliphatic heterocycles. The smallest absolute Gasteiger partial charge is 0.00312 e. The average molecular weight is 213 g/mol. The van der Waals surface area contributed by atoms with Crippen molar-refractivity contribution in [3.63, 3.8) is 0 Å². The molecular weight excluding hydrogens is 200 g/mol. The van der Waals surface area contributed by atoms with Gasteiger partial charge in [0.25, 0.3) is 0 Å². The van der Waals surface area contributed by atoms with Crippen molar-refractivity contribution in [2.75, 3.05) is 5.33 Å². The lowest BCUT2D eigenvalue weighted by molar-refractivity contribution is 0.902. The first-order chi connectivity index (χ1) is 5.38. The lowest BCUT2D eigenvalue weighted by atomic mass is 9.95. The van der Waals surface area contributed by atoms with E-state index in [1.54, 1.807) is 0 Å². The highest BCUT2D eigenvalue weighted by Crippen LogP contribution is 2.29. The van der Waals surface area contributed by atoms with Gasteiger partial charge in [-0.1, -0.05) is 53.5 Å². The summed E-state index contributed by atoms with van der Waals surface area (Å²) in [5.74, 6) is 0. The van der Waals surface area contributed by atoms with E-state index in [1.807, 2.05) is 0 Å². The molecule has 0 aromatic heterocycles. The molecule has 0 aromatic rings. The van der Waals surface area contributed by atoms with Crippen LogP contribution < -0.4 is 0 Å². The number of benzene rings is 1. The number of hydrogen-bond acceptors (Lipinski definition) is 0. The summed E-state index contributed by atoms with van der Waals surface area (Å²) in [5, 5.41) is 1.16. The summed E-state index contributed by atoms with van der Waals surface area (Å²) in [4.78, 5) is 0. The molecule has 0 unspecified atom stereocenters. The minimum absolute atomic E-state index is 1.16. The molecule has 0 atom stereocenters. The van der Waals surface area contributed by atoms with Crippen LogP contribution in [0.15, 0.2) is 24.3 Å². The van der Waals surface area contributed by atoms with E-state index in [2.05, 4.69) is 47.1 Å². The summed E-state index contributed by atoms with van der Waals surface area (Å²) >= 11 is 3.31. The minimum atomic E-state index is 1.16. The first-order valence-corrected chi connectivity index (χ1v) is 5.17. The fourth-order valence-corrected chi connectivity index (χ4v) is 1.36. The molecule has 0 bridgehead atoms.